The number of rotatable bonds is 10. The second kappa shape index (κ2) is 14.6. The van der Waals surface area contributed by atoms with Crippen molar-refractivity contribution >= 4 is 11.9 Å². The lowest BCUT2D eigenvalue weighted by molar-refractivity contribution is -0.385. The Balaban J connectivity index is 2.69. The number of hydrogen-bond donors (Lipinski definition) is 2. The fourth-order valence-electron chi connectivity index (χ4n) is 6.72. The first-order chi connectivity index (χ1) is 23.2. The van der Waals surface area contributed by atoms with Crippen molar-refractivity contribution < 1.29 is 24.6 Å². The Bertz CT molecular complexity index is 1610. The number of nitrogens with zero attached hydrogens (tertiary/aromatic N) is 2. The molecule has 3 aromatic carbocycles. The molecule has 0 aliphatic carbocycles. The molecule has 3 aromatic rings. The summed E-state index contributed by atoms with van der Waals surface area (Å²) in [6, 6.07) is 11.8. The minimum absolute atomic E-state index is 0.177. The predicted octanol–water partition coefficient (Wildman–Crippen LogP) is 10.3. The fourth-order valence-corrected chi connectivity index (χ4v) is 6.72. The monoisotopic (exact) mass is 702 g/mol. The summed E-state index contributed by atoms with van der Waals surface area (Å²) < 4.78 is 12.3. The van der Waals surface area contributed by atoms with Crippen molar-refractivity contribution in [2.75, 3.05) is 14.2 Å². The maximum Gasteiger partial charge on any atom is 0.311 e. The Kier molecular flexibility index (Phi) is 11.9. The first-order valence-electron chi connectivity index (χ1n) is 17.9. The molecule has 0 bridgehead atoms. The number of nitro groups is 1. The zero-order valence-electron chi connectivity index (χ0n) is 33.9. The maximum atomic E-state index is 13.9. The average Bonchev–Trinajstić information content (AvgIpc) is 3.01. The van der Waals surface area contributed by atoms with Crippen LogP contribution in [0.5, 0.6) is 17.2 Å². The molecule has 0 fully saturated rings. The lowest BCUT2D eigenvalue weighted by Crippen LogP contribution is -2.44. The van der Waals surface area contributed by atoms with Crippen LogP contribution in [-0.4, -0.2) is 41.6 Å². The Morgan fingerprint density at radius 2 is 1.14 bits per heavy atom. The molecule has 2 N–H and O–H groups in total. The number of methoxy groups -OCH3 is 2. The highest BCUT2D eigenvalue weighted by Gasteiger charge is 2.46. The van der Waals surface area contributed by atoms with E-state index in [0.717, 1.165) is 33.8 Å². The van der Waals surface area contributed by atoms with E-state index < -0.39 is 28.0 Å². The van der Waals surface area contributed by atoms with Gasteiger partial charge in [-0.2, -0.15) is 0 Å². The molecule has 280 valence electrons. The standard InChI is InChI=1S/C43H62N2O6/c1-17-26(2)38(44-25-27-19-18-20-34(35(27)46)45(48)49)43(47,28-21-30(39(3,4)5)36(50-15)31(22-28)40(6,7)8)29-23-32(41(9,10)11)37(51-16)33(24-29)42(12,13)14/h18-26,38,46-47H,17H2,1-16H3. The van der Waals surface area contributed by atoms with Gasteiger partial charge in [-0.25, -0.2) is 0 Å². The van der Waals surface area contributed by atoms with Gasteiger partial charge in [-0.05, 0) is 69.0 Å². The summed E-state index contributed by atoms with van der Waals surface area (Å²) in [7, 11) is 3.39. The van der Waals surface area contributed by atoms with E-state index in [4.69, 9.17) is 14.5 Å². The number of aliphatic hydroxyl groups is 1. The van der Waals surface area contributed by atoms with Gasteiger partial charge >= 0.3 is 5.69 Å². The number of phenols is 1. The van der Waals surface area contributed by atoms with Crippen LogP contribution in [0.1, 0.15) is 142 Å². The van der Waals surface area contributed by atoms with Crippen molar-refractivity contribution in [1.82, 2.24) is 0 Å². The first kappa shape index (κ1) is 41.5. The Labute approximate surface area is 306 Å². The lowest BCUT2D eigenvalue weighted by atomic mass is 9.68. The van der Waals surface area contributed by atoms with Crippen LogP contribution in [-0.2, 0) is 27.3 Å². The summed E-state index contributed by atoms with van der Waals surface area (Å²) in [5.74, 6) is 0.920. The normalized spacial score (nSPS) is 14.5. The fraction of sp³-hybridized carbons (Fsp3) is 0.558. The molecule has 0 spiro atoms. The summed E-state index contributed by atoms with van der Waals surface area (Å²) in [5.41, 5.74) is 1.81. The first-order valence-corrected chi connectivity index (χ1v) is 17.9. The van der Waals surface area contributed by atoms with E-state index in [-0.39, 0.29) is 33.1 Å². The summed E-state index contributed by atoms with van der Waals surface area (Å²) in [5, 5.41) is 36.5. The van der Waals surface area contributed by atoms with Gasteiger partial charge in [0.1, 0.15) is 17.1 Å². The van der Waals surface area contributed by atoms with E-state index in [0.29, 0.717) is 17.5 Å². The molecule has 0 aliphatic heterocycles. The van der Waals surface area contributed by atoms with E-state index in [2.05, 4.69) is 121 Å². The third kappa shape index (κ3) is 8.43. The van der Waals surface area contributed by atoms with Gasteiger partial charge in [0, 0.05) is 40.1 Å². The van der Waals surface area contributed by atoms with Gasteiger partial charge in [0.15, 0.2) is 0 Å². The summed E-state index contributed by atoms with van der Waals surface area (Å²) in [4.78, 5) is 16.2. The van der Waals surface area contributed by atoms with Crippen LogP contribution in [0.2, 0.25) is 0 Å². The molecule has 0 radical (unpaired) electrons. The highest BCUT2D eigenvalue weighted by Crippen LogP contribution is 2.49. The molecular formula is C43H62N2O6. The second-order valence-corrected chi connectivity index (χ2v) is 18.1. The minimum Gasteiger partial charge on any atom is -0.502 e. The number of hydrogen-bond acceptors (Lipinski definition) is 7. The van der Waals surface area contributed by atoms with Crippen LogP contribution in [0.15, 0.2) is 47.5 Å². The van der Waals surface area contributed by atoms with Gasteiger partial charge in [-0.15, -0.1) is 0 Å². The molecule has 0 aliphatic rings. The van der Waals surface area contributed by atoms with Crippen molar-refractivity contribution in [2.45, 2.75) is 137 Å². The van der Waals surface area contributed by atoms with Crippen LogP contribution in [0.4, 0.5) is 5.69 Å². The van der Waals surface area contributed by atoms with Crippen LogP contribution < -0.4 is 9.47 Å². The van der Waals surface area contributed by atoms with E-state index in [1.54, 1.807) is 20.3 Å². The Morgan fingerprint density at radius 3 is 1.43 bits per heavy atom. The molecule has 0 amide bonds. The number of para-hydroxylation sites is 1. The summed E-state index contributed by atoms with van der Waals surface area (Å²) in [6.07, 6.45) is 2.13. The summed E-state index contributed by atoms with van der Waals surface area (Å²) >= 11 is 0. The van der Waals surface area contributed by atoms with Crippen molar-refractivity contribution in [3.63, 3.8) is 0 Å². The van der Waals surface area contributed by atoms with Gasteiger partial charge in [-0.3, -0.25) is 15.1 Å². The quantitative estimate of drug-likeness (QED) is 0.123. The van der Waals surface area contributed by atoms with Crippen molar-refractivity contribution in [3.8, 4) is 17.2 Å². The topological polar surface area (TPSA) is 114 Å². The molecular weight excluding hydrogens is 640 g/mol. The van der Waals surface area contributed by atoms with Crippen LogP contribution >= 0.6 is 0 Å². The van der Waals surface area contributed by atoms with E-state index in [9.17, 15) is 20.3 Å². The van der Waals surface area contributed by atoms with Crippen molar-refractivity contribution in [3.05, 3.63) is 91.5 Å². The zero-order chi connectivity index (χ0) is 39.1. The number of phenolic OH excluding ortho intramolecular Hbond substituents is 1. The summed E-state index contributed by atoms with van der Waals surface area (Å²) in [6.45, 7) is 29.8. The van der Waals surface area contributed by atoms with Crippen LogP contribution in [0, 0.1) is 16.0 Å². The maximum absolute atomic E-state index is 13.9. The minimum atomic E-state index is -1.72. The SMILES string of the molecule is CCC(C)C(N=Cc1cccc([N+](=O)[O-])c1O)C(O)(c1cc(C(C)(C)C)c(OC)c(C(C)(C)C)c1)c1cc(C(C)(C)C)c(OC)c(C(C)(C)C)c1. The zero-order valence-corrected chi connectivity index (χ0v) is 33.9. The Morgan fingerprint density at radius 1 is 0.765 bits per heavy atom. The third-order valence-electron chi connectivity index (χ3n) is 9.93. The van der Waals surface area contributed by atoms with Gasteiger partial charge in [0.2, 0.25) is 5.75 Å². The highest BCUT2D eigenvalue weighted by atomic mass is 16.6. The lowest BCUT2D eigenvalue weighted by Gasteiger charge is -2.42. The van der Waals surface area contributed by atoms with Gasteiger partial charge in [-0.1, -0.05) is 109 Å². The molecule has 8 nitrogen and oxygen atoms in total. The van der Waals surface area contributed by atoms with Crippen molar-refractivity contribution in [1.29, 1.82) is 0 Å². The van der Waals surface area contributed by atoms with E-state index in [1.807, 2.05) is 0 Å². The van der Waals surface area contributed by atoms with Crippen LogP contribution in [0.3, 0.4) is 0 Å². The number of aliphatic imine (C=N–C) groups is 1. The van der Waals surface area contributed by atoms with Crippen molar-refractivity contribution in [2.24, 2.45) is 10.9 Å². The molecule has 51 heavy (non-hydrogen) atoms. The van der Waals surface area contributed by atoms with E-state index in [1.165, 1.54) is 18.3 Å². The number of benzene rings is 3. The van der Waals surface area contributed by atoms with E-state index >= 15 is 0 Å². The molecule has 0 heterocycles. The smallest absolute Gasteiger partial charge is 0.311 e. The van der Waals surface area contributed by atoms with Gasteiger partial charge in [0.05, 0.1) is 25.2 Å². The molecule has 3 rings (SSSR count). The average molecular weight is 703 g/mol. The molecule has 2 unspecified atom stereocenters. The largest absolute Gasteiger partial charge is 0.502 e. The van der Waals surface area contributed by atoms with Gasteiger partial charge < -0.3 is 19.7 Å². The van der Waals surface area contributed by atoms with Gasteiger partial charge in [0.25, 0.3) is 0 Å². The molecule has 8 heteroatoms. The molecule has 0 saturated heterocycles. The number of nitro benzene ring substituents is 1. The molecule has 0 saturated carbocycles. The number of ether oxygens (including phenoxy) is 2. The van der Waals surface area contributed by atoms with Crippen LogP contribution in [0.25, 0.3) is 0 Å². The highest BCUT2D eigenvalue weighted by molar-refractivity contribution is 5.85. The number of aromatic hydroxyl groups is 1. The predicted molar refractivity (Wildman–Crippen MR) is 209 cm³/mol. The second-order valence-electron chi connectivity index (χ2n) is 18.1. The molecule has 0 aromatic heterocycles. The third-order valence-corrected chi connectivity index (χ3v) is 9.93. The Hall–Kier alpha value is -3.91. The molecule has 2 atom stereocenters.